The third-order valence-electron chi connectivity index (χ3n) is 4.49. The summed E-state index contributed by atoms with van der Waals surface area (Å²) in [5.41, 5.74) is 2.15. The molecule has 0 bridgehead atoms. The molecule has 7 nitrogen and oxygen atoms in total. The van der Waals surface area contributed by atoms with E-state index in [2.05, 4.69) is 52.7 Å². The molecule has 0 atom stereocenters. The SMILES string of the molecule is Cc1nc2ncnn2c(N2CCN(c3ncccc3Br)CC2)c1C. The van der Waals surface area contributed by atoms with E-state index >= 15 is 0 Å². The van der Waals surface area contributed by atoms with Gasteiger partial charge in [0, 0.05) is 43.6 Å². The molecule has 0 amide bonds. The van der Waals surface area contributed by atoms with Crippen molar-refractivity contribution < 1.29 is 0 Å². The molecule has 3 aromatic heterocycles. The topological polar surface area (TPSA) is 62.5 Å². The summed E-state index contributed by atoms with van der Waals surface area (Å²) < 4.78 is 2.88. The molecule has 124 valence electrons. The van der Waals surface area contributed by atoms with E-state index in [1.54, 1.807) is 6.33 Å². The van der Waals surface area contributed by atoms with E-state index < -0.39 is 0 Å². The number of nitrogens with zero attached hydrogens (tertiary/aromatic N) is 7. The Bertz CT molecular complexity index is 883. The second-order valence-electron chi connectivity index (χ2n) is 5.90. The van der Waals surface area contributed by atoms with Crippen molar-refractivity contribution in [3.05, 3.63) is 40.4 Å². The van der Waals surface area contributed by atoms with E-state index in [1.807, 2.05) is 29.8 Å². The summed E-state index contributed by atoms with van der Waals surface area (Å²) >= 11 is 3.59. The highest BCUT2D eigenvalue weighted by molar-refractivity contribution is 9.10. The molecule has 1 aliphatic heterocycles. The van der Waals surface area contributed by atoms with Crippen LogP contribution in [0.4, 0.5) is 11.6 Å². The van der Waals surface area contributed by atoms with Gasteiger partial charge in [0.1, 0.15) is 18.0 Å². The average Bonchev–Trinajstić information content (AvgIpc) is 3.04. The van der Waals surface area contributed by atoms with Crippen molar-refractivity contribution in [3.8, 4) is 0 Å². The van der Waals surface area contributed by atoms with E-state index in [0.717, 1.165) is 53.5 Å². The lowest BCUT2D eigenvalue weighted by atomic mass is 10.2. The number of fused-ring (bicyclic) bond motifs is 1. The molecule has 0 radical (unpaired) electrons. The highest BCUT2D eigenvalue weighted by Gasteiger charge is 2.24. The van der Waals surface area contributed by atoms with Crippen LogP contribution in [0.2, 0.25) is 0 Å². The molecule has 1 fully saturated rings. The number of hydrogen-bond acceptors (Lipinski definition) is 6. The lowest BCUT2D eigenvalue weighted by Gasteiger charge is -2.37. The van der Waals surface area contributed by atoms with Gasteiger partial charge in [0.2, 0.25) is 0 Å². The minimum atomic E-state index is 0.656. The number of aromatic nitrogens is 5. The third-order valence-corrected chi connectivity index (χ3v) is 5.11. The molecule has 4 rings (SSSR count). The summed E-state index contributed by atoms with van der Waals surface area (Å²) in [5.74, 6) is 2.75. The Labute approximate surface area is 148 Å². The normalized spacial score (nSPS) is 15.3. The lowest BCUT2D eigenvalue weighted by molar-refractivity contribution is 0.630. The minimum absolute atomic E-state index is 0.656. The number of aryl methyl sites for hydroxylation is 1. The van der Waals surface area contributed by atoms with Gasteiger partial charge in [-0.3, -0.25) is 0 Å². The van der Waals surface area contributed by atoms with Crippen molar-refractivity contribution >= 4 is 33.3 Å². The van der Waals surface area contributed by atoms with Crippen LogP contribution in [0, 0.1) is 13.8 Å². The Hall–Kier alpha value is -2.22. The van der Waals surface area contributed by atoms with Crippen LogP contribution >= 0.6 is 15.9 Å². The lowest BCUT2D eigenvalue weighted by Crippen LogP contribution is -2.47. The van der Waals surface area contributed by atoms with Crippen molar-refractivity contribution in [2.45, 2.75) is 13.8 Å². The standard InChI is InChI=1S/C16H18BrN7/c1-11-12(2)21-16-19-10-20-24(16)15(11)23-8-6-22(7-9-23)14-13(17)4-3-5-18-14/h3-5,10H,6-9H2,1-2H3. The molecule has 3 aromatic rings. The number of piperazine rings is 1. The maximum atomic E-state index is 4.50. The highest BCUT2D eigenvalue weighted by atomic mass is 79.9. The van der Waals surface area contributed by atoms with Gasteiger partial charge >= 0.3 is 0 Å². The highest BCUT2D eigenvalue weighted by Crippen LogP contribution is 2.27. The zero-order valence-electron chi connectivity index (χ0n) is 13.6. The smallest absolute Gasteiger partial charge is 0.254 e. The number of anilines is 2. The Morgan fingerprint density at radius 1 is 1.04 bits per heavy atom. The average molecular weight is 388 g/mol. The summed E-state index contributed by atoms with van der Waals surface area (Å²) in [4.78, 5) is 17.9. The summed E-state index contributed by atoms with van der Waals surface area (Å²) in [5, 5.41) is 4.36. The fraction of sp³-hybridized carbons (Fsp3) is 0.375. The van der Waals surface area contributed by atoms with Crippen LogP contribution in [-0.4, -0.2) is 50.7 Å². The molecule has 0 unspecified atom stereocenters. The van der Waals surface area contributed by atoms with Crippen LogP contribution < -0.4 is 9.80 Å². The Balaban J connectivity index is 1.62. The summed E-state index contributed by atoms with van der Waals surface area (Å²) in [6.45, 7) is 7.75. The van der Waals surface area contributed by atoms with Gasteiger partial charge in [0.25, 0.3) is 5.78 Å². The third kappa shape index (κ3) is 2.50. The molecular weight excluding hydrogens is 370 g/mol. The fourth-order valence-electron chi connectivity index (χ4n) is 3.13. The van der Waals surface area contributed by atoms with Crippen molar-refractivity contribution in [2.24, 2.45) is 0 Å². The van der Waals surface area contributed by atoms with E-state index in [9.17, 15) is 0 Å². The largest absolute Gasteiger partial charge is 0.353 e. The molecule has 0 N–H and O–H groups in total. The quantitative estimate of drug-likeness (QED) is 0.671. The number of halogens is 1. The Morgan fingerprint density at radius 2 is 1.79 bits per heavy atom. The van der Waals surface area contributed by atoms with Gasteiger partial charge in [-0.15, -0.1) is 0 Å². The molecule has 0 saturated carbocycles. The minimum Gasteiger partial charge on any atom is -0.353 e. The second-order valence-corrected chi connectivity index (χ2v) is 6.75. The maximum absolute atomic E-state index is 4.50. The van der Waals surface area contributed by atoms with Gasteiger partial charge in [-0.05, 0) is 41.9 Å². The van der Waals surface area contributed by atoms with Crippen LogP contribution in [0.25, 0.3) is 5.78 Å². The molecule has 1 aliphatic rings. The molecule has 8 heteroatoms. The van der Waals surface area contributed by atoms with E-state index in [0.29, 0.717) is 5.78 Å². The van der Waals surface area contributed by atoms with Crippen LogP contribution in [0.3, 0.4) is 0 Å². The van der Waals surface area contributed by atoms with Crippen LogP contribution in [0.1, 0.15) is 11.3 Å². The number of hydrogen-bond donors (Lipinski definition) is 0. The van der Waals surface area contributed by atoms with Crippen molar-refractivity contribution in [2.75, 3.05) is 36.0 Å². The molecule has 1 saturated heterocycles. The van der Waals surface area contributed by atoms with E-state index in [-0.39, 0.29) is 0 Å². The summed E-state index contributed by atoms with van der Waals surface area (Å²) in [6, 6.07) is 3.97. The fourth-order valence-corrected chi connectivity index (χ4v) is 3.63. The van der Waals surface area contributed by atoms with E-state index in [4.69, 9.17) is 0 Å². The van der Waals surface area contributed by atoms with Gasteiger partial charge in [0.05, 0.1) is 4.47 Å². The van der Waals surface area contributed by atoms with Crippen molar-refractivity contribution in [1.29, 1.82) is 0 Å². The zero-order valence-corrected chi connectivity index (χ0v) is 15.2. The van der Waals surface area contributed by atoms with Crippen molar-refractivity contribution in [3.63, 3.8) is 0 Å². The maximum Gasteiger partial charge on any atom is 0.254 e. The first-order valence-corrected chi connectivity index (χ1v) is 8.72. The Kier molecular flexibility index (Phi) is 3.84. The Morgan fingerprint density at radius 3 is 2.54 bits per heavy atom. The molecule has 4 heterocycles. The monoisotopic (exact) mass is 387 g/mol. The van der Waals surface area contributed by atoms with Crippen LogP contribution in [-0.2, 0) is 0 Å². The van der Waals surface area contributed by atoms with Gasteiger partial charge in [-0.2, -0.15) is 14.6 Å². The van der Waals surface area contributed by atoms with Crippen molar-refractivity contribution in [1.82, 2.24) is 24.6 Å². The second kappa shape index (κ2) is 6.01. The van der Waals surface area contributed by atoms with Gasteiger partial charge in [-0.25, -0.2) is 9.97 Å². The predicted octanol–water partition coefficient (Wildman–Crippen LogP) is 2.23. The number of rotatable bonds is 2. The number of pyridine rings is 1. The predicted molar refractivity (Wildman–Crippen MR) is 96.6 cm³/mol. The molecule has 0 aliphatic carbocycles. The van der Waals surface area contributed by atoms with Gasteiger partial charge < -0.3 is 9.80 Å². The summed E-state index contributed by atoms with van der Waals surface area (Å²) in [6.07, 6.45) is 3.40. The first-order chi connectivity index (χ1) is 11.6. The first kappa shape index (κ1) is 15.3. The molecular formula is C16H18BrN7. The molecule has 0 spiro atoms. The summed E-state index contributed by atoms with van der Waals surface area (Å²) in [7, 11) is 0. The first-order valence-electron chi connectivity index (χ1n) is 7.92. The molecule has 0 aromatic carbocycles. The zero-order chi connectivity index (χ0) is 16.7. The van der Waals surface area contributed by atoms with Crippen LogP contribution in [0.15, 0.2) is 29.1 Å². The molecule has 24 heavy (non-hydrogen) atoms. The van der Waals surface area contributed by atoms with E-state index in [1.165, 1.54) is 0 Å². The van der Waals surface area contributed by atoms with Crippen LogP contribution in [0.5, 0.6) is 0 Å². The van der Waals surface area contributed by atoms with Gasteiger partial charge in [0.15, 0.2) is 0 Å². The van der Waals surface area contributed by atoms with Gasteiger partial charge in [-0.1, -0.05) is 0 Å².